The first kappa shape index (κ1) is 38.3. The number of hydrogen-bond acceptors (Lipinski definition) is 2. The van der Waals surface area contributed by atoms with E-state index in [0.29, 0.717) is 0 Å². The maximum absolute atomic E-state index is 6.63. The van der Waals surface area contributed by atoms with Crippen molar-refractivity contribution in [3.8, 4) is 44.5 Å². The highest BCUT2D eigenvalue weighted by Crippen LogP contribution is 2.64. The predicted molar refractivity (Wildman–Crippen MR) is 291 cm³/mol. The summed E-state index contributed by atoms with van der Waals surface area (Å²) in [6, 6.07) is 84.7. The van der Waals surface area contributed by atoms with Crippen LogP contribution in [0.3, 0.4) is 0 Å². The molecule has 3 aliphatic rings. The molecule has 1 unspecified atom stereocenters. The Hall–Kier alpha value is -8.72. The Morgan fingerprint density at radius 3 is 1.71 bits per heavy atom. The van der Waals surface area contributed by atoms with Gasteiger partial charge in [0.25, 0.3) is 0 Å². The lowest BCUT2D eigenvalue weighted by Crippen LogP contribution is -2.29. The fourth-order valence-electron chi connectivity index (χ4n) is 13.7. The van der Waals surface area contributed by atoms with Gasteiger partial charge in [-0.15, -0.1) is 0 Å². The van der Waals surface area contributed by atoms with E-state index in [2.05, 4.69) is 243 Å². The van der Waals surface area contributed by atoms with Crippen LogP contribution in [0.25, 0.3) is 98.8 Å². The molecule has 0 fully saturated rings. The highest BCUT2D eigenvalue weighted by molar-refractivity contribution is 6.27. The Kier molecular flexibility index (Phi) is 7.38. The summed E-state index contributed by atoms with van der Waals surface area (Å²) in [7, 11) is 0. The Bertz CT molecular complexity index is 4400. The van der Waals surface area contributed by atoms with Crippen LogP contribution in [-0.4, -0.2) is 0 Å². The van der Waals surface area contributed by atoms with E-state index in [1.54, 1.807) is 0 Å². The molecule has 3 aliphatic carbocycles. The normalized spacial score (nSPS) is 15.7. The summed E-state index contributed by atoms with van der Waals surface area (Å²) in [5, 5.41) is 10.0. The lowest BCUT2D eigenvalue weighted by molar-refractivity contribution is 0.660. The van der Waals surface area contributed by atoms with Gasteiger partial charge in [0.15, 0.2) is 0 Å². The fourth-order valence-corrected chi connectivity index (χ4v) is 13.7. The molecule has 12 aromatic carbocycles. The zero-order valence-corrected chi connectivity index (χ0v) is 38.7. The second-order valence-electron chi connectivity index (χ2n) is 20.3. The lowest BCUT2D eigenvalue weighted by atomic mass is 9.65. The first-order valence-electron chi connectivity index (χ1n) is 24.6. The average Bonchev–Trinajstić information content (AvgIpc) is 3.99. The lowest BCUT2D eigenvalue weighted by Gasteiger charge is -2.36. The predicted octanol–water partition coefficient (Wildman–Crippen LogP) is 18.3. The molecule has 2 heteroatoms. The van der Waals surface area contributed by atoms with Crippen LogP contribution >= 0.6 is 0 Å². The molecule has 0 saturated heterocycles. The third-order valence-electron chi connectivity index (χ3n) is 16.6. The molecule has 1 heterocycles. The fraction of sp³-hybridized carbons (Fsp3) is 0.0588. The van der Waals surface area contributed by atoms with Crippen LogP contribution in [0, 0.1) is 0 Å². The number of hydrogen-bond donors (Lipinski definition) is 0. The monoisotopic (exact) mass is 889 g/mol. The second-order valence-corrected chi connectivity index (χ2v) is 20.3. The Morgan fingerprint density at radius 2 is 0.900 bits per heavy atom. The number of benzene rings is 12. The van der Waals surface area contributed by atoms with E-state index in [1.165, 1.54) is 110 Å². The smallest absolute Gasteiger partial charge is 0.137 e. The van der Waals surface area contributed by atoms with Gasteiger partial charge in [0.1, 0.15) is 11.2 Å². The van der Waals surface area contributed by atoms with E-state index in [0.717, 1.165) is 39.0 Å². The van der Waals surface area contributed by atoms with E-state index in [-0.39, 0.29) is 5.41 Å². The Morgan fingerprint density at radius 1 is 0.329 bits per heavy atom. The van der Waals surface area contributed by atoms with E-state index >= 15 is 0 Å². The van der Waals surface area contributed by atoms with Gasteiger partial charge in [-0.25, -0.2) is 0 Å². The highest BCUT2D eigenvalue weighted by Gasteiger charge is 2.50. The summed E-state index contributed by atoms with van der Waals surface area (Å²) in [4.78, 5) is 2.50. The van der Waals surface area contributed by atoms with E-state index in [1.807, 2.05) is 0 Å². The van der Waals surface area contributed by atoms with Gasteiger partial charge in [-0.2, -0.15) is 0 Å². The Balaban J connectivity index is 1.03. The number of furan rings is 1. The van der Waals surface area contributed by atoms with Gasteiger partial charge < -0.3 is 9.32 Å². The Labute approximate surface area is 405 Å². The van der Waals surface area contributed by atoms with Crippen LogP contribution < -0.4 is 4.90 Å². The standard InChI is InChI=1S/C68H43NO/c1-67(2)54-23-9-5-20-48(54)49-35-32-44(39-58(49)67)69(60-26-14-28-62-66(60)51-22-8-12-27-61(51)70-62)43-33-36-57-53(38-43)46-18-4-3-17-45(46)47-19-6-10-24-55(47)68(57)56-25-11-7-21-50(56)65-52-34-31-41-16-13-15-40-29-30-42(37-59(65)68)64(52)63(40)41/h3-39H,1-2H3. The number of fused-ring (bicyclic) bond motifs is 19. The average molecular weight is 890 g/mol. The minimum absolute atomic E-state index is 0.178. The summed E-state index contributed by atoms with van der Waals surface area (Å²) in [6.07, 6.45) is 0. The summed E-state index contributed by atoms with van der Waals surface area (Å²) in [5.41, 5.74) is 22.4. The molecule has 1 aromatic heterocycles. The zero-order valence-electron chi connectivity index (χ0n) is 38.7. The number of nitrogens with zero attached hydrogens (tertiary/aromatic N) is 1. The van der Waals surface area contributed by atoms with Crippen molar-refractivity contribution in [1.29, 1.82) is 0 Å². The molecule has 1 spiro atoms. The van der Waals surface area contributed by atoms with Crippen LogP contribution in [0.15, 0.2) is 229 Å². The quantitative estimate of drug-likeness (QED) is 0.164. The molecule has 0 bridgehead atoms. The number of anilines is 3. The van der Waals surface area contributed by atoms with Crippen LogP contribution in [0.2, 0.25) is 0 Å². The molecule has 1 atom stereocenters. The van der Waals surface area contributed by atoms with Crippen LogP contribution in [-0.2, 0) is 10.8 Å². The first-order chi connectivity index (χ1) is 34.5. The third-order valence-corrected chi connectivity index (χ3v) is 16.6. The second kappa shape index (κ2) is 13.5. The van der Waals surface area contributed by atoms with Gasteiger partial charge in [-0.1, -0.05) is 190 Å². The SMILES string of the molecule is CC1(C)c2ccccc2-c2ccc(N(c3ccc4c(c3)-c3ccccc3-c3ccccc3C43c4ccccc4-c4c3cc3ccc5cccc6ccc4c3c56)c3cccc4oc5ccccc5c34)cc21. The molecule has 13 aromatic rings. The summed E-state index contributed by atoms with van der Waals surface area (Å²) in [5.74, 6) is 0. The molecule has 0 amide bonds. The van der Waals surface area contributed by atoms with Crippen molar-refractivity contribution in [2.75, 3.05) is 4.90 Å². The molecule has 70 heavy (non-hydrogen) atoms. The first-order valence-corrected chi connectivity index (χ1v) is 24.6. The van der Waals surface area contributed by atoms with E-state index in [4.69, 9.17) is 4.42 Å². The van der Waals surface area contributed by atoms with Gasteiger partial charge in [0, 0.05) is 22.2 Å². The van der Waals surface area contributed by atoms with Gasteiger partial charge in [0.05, 0.1) is 16.5 Å². The molecular weight excluding hydrogens is 847 g/mol. The molecule has 0 N–H and O–H groups in total. The van der Waals surface area contributed by atoms with Crippen molar-refractivity contribution in [2.45, 2.75) is 24.7 Å². The summed E-state index contributed by atoms with van der Waals surface area (Å²) < 4.78 is 6.63. The molecule has 0 radical (unpaired) electrons. The summed E-state index contributed by atoms with van der Waals surface area (Å²) >= 11 is 0. The maximum Gasteiger partial charge on any atom is 0.137 e. The molecule has 0 aliphatic heterocycles. The van der Waals surface area contributed by atoms with E-state index in [9.17, 15) is 0 Å². The van der Waals surface area contributed by atoms with E-state index < -0.39 is 5.41 Å². The molecule has 326 valence electrons. The third kappa shape index (κ3) is 4.73. The molecule has 2 nitrogen and oxygen atoms in total. The van der Waals surface area contributed by atoms with Crippen molar-refractivity contribution in [3.63, 3.8) is 0 Å². The van der Waals surface area contributed by atoms with Gasteiger partial charge >= 0.3 is 0 Å². The van der Waals surface area contributed by atoms with Crippen molar-refractivity contribution < 1.29 is 4.42 Å². The molecule has 16 rings (SSSR count). The minimum Gasteiger partial charge on any atom is -0.456 e. The molecular formula is C68H43NO. The highest BCUT2D eigenvalue weighted by atomic mass is 16.3. The van der Waals surface area contributed by atoms with Crippen LogP contribution in [0.1, 0.15) is 47.2 Å². The number of para-hydroxylation sites is 1. The van der Waals surface area contributed by atoms with Crippen molar-refractivity contribution in [2.24, 2.45) is 0 Å². The minimum atomic E-state index is -0.644. The van der Waals surface area contributed by atoms with Crippen LogP contribution in [0.4, 0.5) is 17.1 Å². The maximum atomic E-state index is 6.63. The van der Waals surface area contributed by atoms with Gasteiger partial charge in [-0.3, -0.25) is 0 Å². The molecule has 0 saturated carbocycles. The van der Waals surface area contributed by atoms with Gasteiger partial charge in [0.2, 0.25) is 0 Å². The largest absolute Gasteiger partial charge is 0.456 e. The zero-order chi connectivity index (χ0) is 46.0. The van der Waals surface area contributed by atoms with Crippen molar-refractivity contribution in [1.82, 2.24) is 0 Å². The number of rotatable bonds is 3. The van der Waals surface area contributed by atoms with Crippen LogP contribution in [0.5, 0.6) is 0 Å². The topological polar surface area (TPSA) is 16.4 Å². The summed E-state index contributed by atoms with van der Waals surface area (Å²) in [6.45, 7) is 4.75. The van der Waals surface area contributed by atoms with Gasteiger partial charge in [-0.05, 0) is 159 Å². The van der Waals surface area contributed by atoms with Crippen molar-refractivity contribution >= 4 is 71.3 Å². The van der Waals surface area contributed by atoms with Crippen molar-refractivity contribution in [3.05, 3.63) is 258 Å².